The second-order valence-corrected chi connectivity index (χ2v) is 16.7. The van der Waals surface area contributed by atoms with Gasteiger partial charge in [-0.2, -0.15) is 0 Å². The highest BCUT2D eigenvalue weighted by molar-refractivity contribution is 7.09. The molecule has 1 aromatic carbocycles. The first-order valence-corrected chi connectivity index (χ1v) is 18.3. The molecule has 1 heterocycles. The molecule has 0 unspecified atom stereocenters. The Balaban J connectivity index is 1.27. The molecule has 0 radical (unpaired) electrons. The average molecular weight is 664 g/mol. The van der Waals surface area contributed by atoms with E-state index >= 15 is 0 Å². The minimum Gasteiger partial charge on any atom is -0.455 e. The number of esters is 1. The molecule has 2 amide bonds. The maximum absolute atomic E-state index is 14.1. The average Bonchev–Trinajstić information content (AvgIpc) is 3.69. The zero-order valence-electron chi connectivity index (χ0n) is 29.2. The minimum atomic E-state index is -0.708. The molecule has 1 N–H and O–H groups in total. The summed E-state index contributed by atoms with van der Waals surface area (Å²) in [5.41, 5.74) is 1.62. The number of aromatic nitrogens is 1. The lowest BCUT2D eigenvalue weighted by atomic mass is 9.34. The molecule has 4 saturated carbocycles. The maximum Gasteiger partial charge on any atom is 0.303 e. The zero-order valence-corrected chi connectivity index (χ0v) is 30.0. The Bertz CT molecular complexity index is 1430. The van der Waals surface area contributed by atoms with Gasteiger partial charge < -0.3 is 15.0 Å². The van der Waals surface area contributed by atoms with E-state index in [1.807, 2.05) is 25.2 Å². The van der Waals surface area contributed by atoms with E-state index in [0.29, 0.717) is 34.9 Å². The Morgan fingerprint density at radius 3 is 2.26 bits per heavy atom. The molecule has 2 bridgehead atoms. The van der Waals surface area contributed by atoms with Crippen molar-refractivity contribution in [2.24, 2.45) is 34.5 Å². The van der Waals surface area contributed by atoms with Gasteiger partial charge in [0.1, 0.15) is 16.5 Å². The molecule has 4 aliphatic rings. The number of carbonyl (C=O) groups is 4. The van der Waals surface area contributed by atoms with Crippen LogP contribution in [0.1, 0.15) is 120 Å². The maximum atomic E-state index is 14.1. The number of benzene rings is 1. The van der Waals surface area contributed by atoms with Gasteiger partial charge in [0, 0.05) is 55.6 Å². The standard InChI is InChI=1S/C38H53N3O5S/c1-23(2)15-28(16-26-11-9-8-10-12-26)39-34(44)30-19-47-35(40-30)32(46-25(5)42)18-31(24(3)4)41(7)36(45)29(27-13-14-27)17-33(43)38-20-37(6,21-38)22-38/h8-12,19,23-24,27-29,31-32H,13-18,20-22H2,1-7H3,(H,39,44)/t28-,29+,31-,32-,37?,38?/m1/s1. The van der Waals surface area contributed by atoms with Crippen LogP contribution in [0.15, 0.2) is 35.7 Å². The Hall–Kier alpha value is -3.07. The first-order valence-electron chi connectivity index (χ1n) is 17.5. The first-order chi connectivity index (χ1) is 22.2. The van der Waals surface area contributed by atoms with E-state index in [-0.39, 0.29) is 52.8 Å². The molecule has 4 aliphatic carbocycles. The summed E-state index contributed by atoms with van der Waals surface area (Å²) in [6, 6.07) is 9.83. The predicted molar refractivity (Wildman–Crippen MR) is 184 cm³/mol. The summed E-state index contributed by atoms with van der Waals surface area (Å²) < 4.78 is 5.80. The molecule has 1 aromatic heterocycles. The monoisotopic (exact) mass is 663 g/mol. The zero-order chi connectivity index (χ0) is 34.1. The summed E-state index contributed by atoms with van der Waals surface area (Å²) in [5.74, 6) is 0.00919. The van der Waals surface area contributed by atoms with Gasteiger partial charge >= 0.3 is 5.97 Å². The quantitative estimate of drug-likeness (QED) is 0.180. The molecular weight excluding hydrogens is 611 g/mol. The van der Waals surface area contributed by atoms with Crippen LogP contribution in [0.3, 0.4) is 0 Å². The number of hydrogen-bond donors (Lipinski definition) is 1. The van der Waals surface area contributed by atoms with Crippen LogP contribution in [0.4, 0.5) is 0 Å². The highest BCUT2D eigenvalue weighted by atomic mass is 32.1. The van der Waals surface area contributed by atoms with Crippen LogP contribution in [0, 0.1) is 34.5 Å². The molecule has 0 saturated heterocycles. The Labute approximate surface area is 284 Å². The van der Waals surface area contributed by atoms with E-state index in [9.17, 15) is 19.2 Å². The summed E-state index contributed by atoms with van der Waals surface area (Å²) in [6.45, 7) is 12.0. The van der Waals surface area contributed by atoms with Crippen molar-refractivity contribution in [1.29, 1.82) is 0 Å². The van der Waals surface area contributed by atoms with Gasteiger partial charge in [-0.15, -0.1) is 11.3 Å². The molecule has 4 atom stereocenters. The third kappa shape index (κ3) is 8.33. The Morgan fingerprint density at radius 1 is 1.04 bits per heavy atom. The van der Waals surface area contributed by atoms with Crippen molar-refractivity contribution in [3.63, 3.8) is 0 Å². The molecule has 0 aliphatic heterocycles. The van der Waals surface area contributed by atoms with Crippen LogP contribution < -0.4 is 5.32 Å². The molecule has 4 fully saturated rings. The van der Waals surface area contributed by atoms with Gasteiger partial charge in [0.15, 0.2) is 6.10 Å². The number of thiazole rings is 1. The second-order valence-electron chi connectivity index (χ2n) is 15.8. The topological polar surface area (TPSA) is 106 Å². The van der Waals surface area contributed by atoms with Gasteiger partial charge in [-0.25, -0.2) is 4.98 Å². The van der Waals surface area contributed by atoms with Crippen LogP contribution in [0.5, 0.6) is 0 Å². The van der Waals surface area contributed by atoms with Gasteiger partial charge in [0.05, 0.1) is 0 Å². The number of amides is 2. The number of carbonyl (C=O) groups excluding carboxylic acids is 4. The minimum absolute atomic E-state index is 0.00718. The van der Waals surface area contributed by atoms with Gasteiger partial charge in [-0.05, 0) is 73.7 Å². The number of ketones is 1. The lowest BCUT2D eigenvalue weighted by molar-refractivity contribution is -0.198. The van der Waals surface area contributed by atoms with Crippen molar-refractivity contribution >= 4 is 34.9 Å². The van der Waals surface area contributed by atoms with Crippen LogP contribution in [0.25, 0.3) is 0 Å². The third-order valence-electron chi connectivity index (χ3n) is 10.6. The largest absolute Gasteiger partial charge is 0.455 e. The molecular formula is C38H53N3O5S. The van der Waals surface area contributed by atoms with Crippen molar-refractivity contribution in [3.8, 4) is 0 Å². The highest BCUT2D eigenvalue weighted by Gasteiger charge is 2.68. The highest BCUT2D eigenvalue weighted by Crippen LogP contribution is 2.73. The van der Waals surface area contributed by atoms with Gasteiger partial charge in [0.2, 0.25) is 5.91 Å². The SMILES string of the molecule is CC(=O)O[C@H](C[C@H](C(C)C)N(C)C(=O)[C@@H](CC(=O)C12CC(C)(C1)C2)C1CC1)c1nc(C(=O)N[C@@H](Cc2ccccc2)CC(C)C)cs1. The summed E-state index contributed by atoms with van der Waals surface area (Å²) in [7, 11) is 1.82. The van der Waals surface area contributed by atoms with Gasteiger partial charge in [-0.3, -0.25) is 19.2 Å². The van der Waals surface area contributed by atoms with Gasteiger partial charge in [0.25, 0.3) is 5.91 Å². The number of Topliss-reactive ketones (excluding diaryl/α,β-unsaturated/α-hetero) is 1. The lowest BCUT2D eigenvalue weighted by Crippen LogP contribution is -2.64. The van der Waals surface area contributed by atoms with Crippen molar-refractivity contribution < 1.29 is 23.9 Å². The summed E-state index contributed by atoms with van der Waals surface area (Å²) in [4.78, 5) is 59.6. The molecule has 6 rings (SSSR count). The number of nitrogens with one attached hydrogen (secondary N) is 1. The predicted octanol–water partition coefficient (Wildman–Crippen LogP) is 7.18. The number of ether oxygens (including phenoxy) is 1. The van der Waals surface area contributed by atoms with Crippen molar-refractivity contribution in [1.82, 2.24) is 15.2 Å². The van der Waals surface area contributed by atoms with E-state index in [4.69, 9.17) is 4.74 Å². The first kappa shape index (κ1) is 35.2. The Morgan fingerprint density at radius 2 is 1.70 bits per heavy atom. The summed E-state index contributed by atoms with van der Waals surface area (Å²) in [6.07, 6.45) is 6.41. The van der Waals surface area contributed by atoms with E-state index in [2.05, 4.69) is 57.1 Å². The van der Waals surface area contributed by atoms with Crippen LogP contribution >= 0.6 is 11.3 Å². The van der Waals surface area contributed by atoms with Crippen LogP contribution in [-0.2, 0) is 25.5 Å². The van der Waals surface area contributed by atoms with E-state index in [1.165, 1.54) is 18.3 Å². The number of rotatable bonds is 17. The molecule has 0 spiro atoms. The summed E-state index contributed by atoms with van der Waals surface area (Å²) in [5, 5.41) is 5.43. The van der Waals surface area contributed by atoms with Crippen LogP contribution in [0.2, 0.25) is 0 Å². The summed E-state index contributed by atoms with van der Waals surface area (Å²) >= 11 is 1.29. The molecule has 8 nitrogen and oxygen atoms in total. The smallest absolute Gasteiger partial charge is 0.303 e. The Kier molecular flexibility index (Phi) is 10.6. The normalized spacial score (nSPS) is 24.0. The van der Waals surface area contributed by atoms with E-state index < -0.39 is 12.1 Å². The number of hydrogen-bond acceptors (Lipinski definition) is 7. The number of nitrogens with zero attached hydrogens (tertiary/aromatic N) is 2. The fourth-order valence-electron chi connectivity index (χ4n) is 8.34. The van der Waals surface area contributed by atoms with Crippen molar-refractivity contribution in [2.75, 3.05) is 7.05 Å². The molecule has 9 heteroatoms. The third-order valence-corrected chi connectivity index (χ3v) is 11.6. The van der Waals surface area contributed by atoms with Crippen LogP contribution in [-0.4, -0.2) is 52.6 Å². The second kappa shape index (κ2) is 14.2. The fourth-order valence-corrected chi connectivity index (χ4v) is 9.18. The van der Waals surface area contributed by atoms with Crippen molar-refractivity contribution in [3.05, 3.63) is 52.0 Å². The van der Waals surface area contributed by atoms with E-state index in [1.54, 1.807) is 10.3 Å². The molecule has 2 aromatic rings. The molecule has 47 heavy (non-hydrogen) atoms. The fraction of sp³-hybridized carbons (Fsp3) is 0.658. The lowest BCUT2D eigenvalue weighted by Gasteiger charge is -2.68. The van der Waals surface area contributed by atoms with E-state index in [0.717, 1.165) is 50.5 Å². The van der Waals surface area contributed by atoms with Gasteiger partial charge in [-0.1, -0.05) is 65.0 Å². The molecule has 256 valence electrons. The van der Waals surface area contributed by atoms with Crippen molar-refractivity contribution in [2.45, 2.75) is 118 Å².